The fourth-order valence-electron chi connectivity index (χ4n) is 9.38. The molecule has 0 aliphatic rings. The number of hydrogen-bond acceptors (Lipinski definition) is 3. The molecular formula is C61H61GeIrN4O-. The van der Waals surface area contributed by atoms with Crippen LogP contribution in [0.5, 0.6) is 0 Å². The van der Waals surface area contributed by atoms with Crippen molar-refractivity contribution in [2.45, 2.75) is 82.9 Å². The Morgan fingerprint density at radius 3 is 2.07 bits per heavy atom. The number of pyridine rings is 2. The zero-order valence-corrected chi connectivity index (χ0v) is 45.2. The van der Waals surface area contributed by atoms with Crippen LogP contribution in [0.4, 0.5) is 0 Å². The van der Waals surface area contributed by atoms with Gasteiger partial charge >= 0.3 is 171 Å². The summed E-state index contributed by atoms with van der Waals surface area (Å²) in [6, 6.07) is 56.3. The number of nitrogens with zero attached hydrogens (tertiary/aromatic N) is 4. The molecule has 0 amide bonds. The standard InChI is InChI=1S/C37H33N3O.C24H28GeN.Ir/c1-23(2)30-21-26(25-13-7-6-8-14-25)22-31(24(3)4)34(30)40-36(38-32-18-12-20-39(5)37(32)40)29-17-11-16-28-27-15-9-10-19-33(27)41-35(28)29;1-18-12-14-19(15-13-18)23-16-21(22(17-26-23)25(4,5)6)24(2,3)20-10-8-7-9-11-20;/h6-16,18-24H,1-5H3;7-14,16-17H,1-6H3;/q;-1;/i;1D3;. The molecule has 0 atom stereocenters. The van der Waals surface area contributed by atoms with Crippen LogP contribution < -0.4 is 8.96 Å². The number of hydrogen-bond donors (Lipinski definition) is 0. The van der Waals surface area contributed by atoms with Gasteiger partial charge in [-0.15, -0.1) is 18.2 Å². The molecule has 68 heavy (non-hydrogen) atoms. The van der Waals surface area contributed by atoms with Crippen molar-refractivity contribution >= 4 is 50.8 Å². The van der Waals surface area contributed by atoms with Gasteiger partial charge in [-0.1, -0.05) is 81.6 Å². The molecule has 0 aliphatic carbocycles. The van der Waals surface area contributed by atoms with Gasteiger partial charge in [0.05, 0.1) is 18.8 Å². The first-order valence-corrected chi connectivity index (χ1v) is 30.7. The van der Waals surface area contributed by atoms with E-state index in [1.165, 1.54) is 43.5 Å². The smallest absolute Gasteiger partial charge is 0 e. The Kier molecular flexibility index (Phi) is 12.8. The van der Waals surface area contributed by atoms with Gasteiger partial charge in [0, 0.05) is 36.6 Å². The normalized spacial score (nSPS) is 12.7. The van der Waals surface area contributed by atoms with E-state index >= 15 is 0 Å². The number of fused-ring (bicyclic) bond motifs is 4. The minimum absolute atomic E-state index is 0. The van der Waals surface area contributed by atoms with Crippen molar-refractivity contribution in [3.05, 3.63) is 198 Å². The fraction of sp³-hybridized carbons (Fsp3) is 0.230. The van der Waals surface area contributed by atoms with Gasteiger partial charge in [0.2, 0.25) is 0 Å². The van der Waals surface area contributed by atoms with Crippen LogP contribution in [-0.4, -0.2) is 27.8 Å². The van der Waals surface area contributed by atoms with Gasteiger partial charge < -0.3 is 4.42 Å². The average Bonchev–Trinajstić information content (AvgIpc) is 3.93. The largest absolute Gasteiger partial charge is 0 e. The molecule has 4 heterocycles. The molecule has 0 unspecified atom stereocenters. The molecule has 10 aromatic rings. The van der Waals surface area contributed by atoms with Crippen LogP contribution in [-0.2, 0) is 32.6 Å². The fourth-order valence-corrected chi connectivity index (χ4v) is 12.8. The molecule has 0 saturated carbocycles. The van der Waals surface area contributed by atoms with E-state index in [0.717, 1.165) is 55.7 Å². The summed E-state index contributed by atoms with van der Waals surface area (Å²) in [6.45, 7) is 11.5. The van der Waals surface area contributed by atoms with Crippen molar-refractivity contribution in [3.63, 3.8) is 0 Å². The quantitative estimate of drug-likeness (QED) is 0.0822. The van der Waals surface area contributed by atoms with Crippen molar-refractivity contribution < 1.29 is 33.2 Å². The van der Waals surface area contributed by atoms with Crippen LogP contribution in [0.1, 0.15) is 85.3 Å². The van der Waals surface area contributed by atoms with E-state index in [1.54, 1.807) is 12.1 Å². The molecule has 10 rings (SSSR count). The predicted octanol–water partition coefficient (Wildman–Crippen LogP) is 14.9. The Labute approximate surface area is 423 Å². The summed E-state index contributed by atoms with van der Waals surface area (Å²) < 4.78 is 35.1. The molecule has 345 valence electrons. The van der Waals surface area contributed by atoms with Crippen LogP contribution >= 0.6 is 0 Å². The molecule has 0 bridgehead atoms. The van der Waals surface area contributed by atoms with Crippen molar-refractivity contribution in [2.75, 3.05) is 0 Å². The molecule has 0 aliphatic heterocycles. The third kappa shape index (κ3) is 9.31. The second-order valence-electron chi connectivity index (χ2n) is 19.8. The summed E-state index contributed by atoms with van der Waals surface area (Å²) in [5.74, 6) is 8.57. The third-order valence-corrected chi connectivity index (χ3v) is 17.3. The number of aromatic nitrogens is 4. The molecule has 5 nitrogen and oxygen atoms in total. The van der Waals surface area contributed by atoms with Gasteiger partial charge in [0.1, 0.15) is 16.8 Å². The van der Waals surface area contributed by atoms with Gasteiger partial charge in [-0.25, -0.2) is 14.1 Å². The molecule has 7 heteroatoms. The first-order valence-electron chi connectivity index (χ1n) is 24.8. The summed E-state index contributed by atoms with van der Waals surface area (Å²) in [7, 11) is 2.10. The van der Waals surface area contributed by atoms with E-state index in [0.29, 0.717) is 5.56 Å². The van der Waals surface area contributed by atoms with E-state index in [1.807, 2.05) is 36.5 Å². The van der Waals surface area contributed by atoms with E-state index < -0.39 is 20.1 Å². The van der Waals surface area contributed by atoms with Gasteiger partial charge in [-0.05, 0) is 58.9 Å². The number of para-hydroxylation sites is 1. The van der Waals surface area contributed by atoms with Crippen molar-refractivity contribution in [1.82, 2.24) is 14.5 Å². The molecule has 0 N–H and O–H groups in total. The van der Waals surface area contributed by atoms with E-state index in [2.05, 4.69) is 196 Å². The monoisotopic (exact) mass is 1140 g/mol. The summed E-state index contributed by atoms with van der Waals surface area (Å²) >= 11 is -2.18. The first-order chi connectivity index (χ1) is 33.3. The van der Waals surface area contributed by atoms with Gasteiger partial charge in [0.25, 0.3) is 0 Å². The summed E-state index contributed by atoms with van der Waals surface area (Å²) in [4.78, 5) is 10.0. The molecule has 0 fully saturated rings. The number of furan rings is 1. The van der Waals surface area contributed by atoms with Gasteiger partial charge in [-0.3, -0.25) is 0 Å². The minimum Gasteiger partial charge on any atom is 0 e. The summed E-state index contributed by atoms with van der Waals surface area (Å²) in [6.07, 6.45) is 4.14. The molecule has 1 radical (unpaired) electrons. The Morgan fingerprint density at radius 1 is 0.750 bits per heavy atom. The maximum absolute atomic E-state index is 7.56. The first kappa shape index (κ1) is 44.6. The van der Waals surface area contributed by atoms with Crippen molar-refractivity contribution in [2.24, 2.45) is 7.05 Å². The predicted molar refractivity (Wildman–Crippen MR) is 282 cm³/mol. The maximum atomic E-state index is 7.56. The summed E-state index contributed by atoms with van der Waals surface area (Å²) in [5, 5.41) is 2.17. The zero-order valence-electron chi connectivity index (χ0n) is 43.7. The van der Waals surface area contributed by atoms with Crippen LogP contribution in [0.2, 0.25) is 17.3 Å². The Balaban J connectivity index is 0.000000200. The summed E-state index contributed by atoms with van der Waals surface area (Å²) in [5.41, 5.74) is 15.1. The second kappa shape index (κ2) is 19.6. The van der Waals surface area contributed by atoms with Crippen molar-refractivity contribution in [3.8, 4) is 39.5 Å². The molecule has 0 spiro atoms. The van der Waals surface area contributed by atoms with Crippen molar-refractivity contribution in [1.29, 1.82) is 0 Å². The third-order valence-electron chi connectivity index (χ3n) is 13.1. The van der Waals surface area contributed by atoms with Crippen LogP contribution in [0.3, 0.4) is 0 Å². The zero-order chi connectivity index (χ0) is 49.7. The van der Waals surface area contributed by atoms with Crippen LogP contribution in [0, 0.1) is 19.0 Å². The Hall–Kier alpha value is -5.92. The number of imidazole rings is 1. The molecular weight excluding hydrogens is 1070 g/mol. The Morgan fingerprint density at radius 2 is 1.43 bits per heavy atom. The maximum Gasteiger partial charge on any atom is 0 e. The van der Waals surface area contributed by atoms with E-state index in [4.69, 9.17) is 18.5 Å². The van der Waals surface area contributed by atoms with E-state index in [9.17, 15) is 0 Å². The van der Waals surface area contributed by atoms with Gasteiger partial charge in [-0.2, -0.15) is 0 Å². The van der Waals surface area contributed by atoms with Crippen LogP contribution in [0.25, 0.3) is 72.6 Å². The van der Waals surface area contributed by atoms with Crippen LogP contribution in [0.15, 0.2) is 162 Å². The number of rotatable bonds is 9. The van der Waals surface area contributed by atoms with Gasteiger partial charge in [0.15, 0.2) is 5.82 Å². The topological polar surface area (TPSA) is 47.7 Å². The number of aryl methyl sites for hydroxylation is 2. The average molecular weight is 1130 g/mol. The molecule has 0 saturated heterocycles. The SMILES string of the molecule is CC(C)c1cc(-c2ccccc2)cc(C(C)C)c1-n1c(-c2[c-]ccc3c2oc2ccccc23)nc2ccc[n+](C)c21.[2H]C([2H])([2H])c1c[c-]c(-c2cc(C(C)(C)c3ccccc3)[c]([Ge]([CH3])([CH3])[CH3])cn2)cc1.[Ir]. The minimum atomic E-state index is -2.18. The molecule has 4 aromatic heterocycles. The number of benzene rings is 6. The van der Waals surface area contributed by atoms with E-state index in [-0.39, 0.29) is 37.4 Å². The molecule has 6 aromatic carbocycles. The Bertz CT molecular complexity index is 3470. The second-order valence-corrected chi connectivity index (χ2v) is 30.4.